The molecule has 0 aromatic heterocycles. The molecule has 1 saturated carbocycles. The lowest BCUT2D eigenvalue weighted by molar-refractivity contribution is 0.488. The largest absolute Gasteiger partial charge is 0.458 e. The summed E-state index contributed by atoms with van der Waals surface area (Å²) in [6.07, 6.45) is 4.95. The molecule has 7 aromatic rings. The third-order valence-electron chi connectivity index (χ3n) is 13.3. The fraction of sp³-hybridized carbons (Fsp3) is 0.176. The van der Waals surface area contributed by atoms with Gasteiger partial charge in [0.25, 0.3) is 0 Å². The van der Waals surface area contributed by atoms with Crippen molar-refractivity contribution in [3.8, 4) is 34.1 Å². The van der Waals surface area contributed by atoms with Crippen molar-refractivity contribution < 1.29 is 9.47 Å². The molecule has 0 unspecified atom stereocenters. The SMILES string of the molecule is C[Si]1(C)c2ccccc2Oc2c(-c3ccc([Si](c4ccccc4)(c4ccccc4)c4cccc5c4Oc4ccccc4[Si]5(C)C)cc3C3CCCC3)cccc21. The maximum absolute atomic E-state index is 7.20. The van der Waals surface area contributed by atoms with Gasteiger partial charge in [0.2, 0.25) is 0 Å². The van der Waals surface area contributed by atoms with E-state index in [1.807, 2.05) is 0 Å². The minimum Gasteiger partial charge on any atom is -0.458 e. The third-order valence-corrected chi connectivity index (χ3v) is 25.1. The van der Waals surface area contributed by atoms with E-state index in [0.717, 1.165) is 23.0 Å². The second-order valence-corrected chi connectivity index (χ2v) is 29.5. The molecule has 7 aromatic carbocycles. The molecule has 0 bridgehead atoms. The summed E-state index contributed by atoms with van der Waals surface area (Å²) in [6.45, 7) is 9.93. The summed E-state index contributed by atoms with van der Waals surface area (Å²) in [5.74, 6) is 4.65. The van der Waals surface area contributed by atoms with Gasteiger partial charge in [-0.2, -0.15) is 0 Å². The van der Waals surface area contributed by atoms with E-state index in [1.54, 1.807) is 0 Å². The summed E-state index contributed by atoms with van der Waals surface area (Å²) < 4.78 is 14.2. The van der Waals surface area contributed by atoms with Crippen molar-refractivity contribution in [3.05, 3.63) is 169 Å². The lowest BCUT2D eigenvalue weighted by Crippen LogP contribution is -2.76. The van der Waals surface area contributed by atoms with E-state index in [2.05, 4.69) is 190 Å². The van der Waals surface area contributed by atoms with Crippen LogP contribution in [0.5, 0.6) is 23.0 Å². The molecule has 2 aliphatic heterocycles. The van der Waals surface area contributed by atoms with Gasteiger partial charge in [0.1, 0.15) is 39.1 Å². The molecule has 0 saturated heterocycles. The average Bonchev–Trinajstić information content (AvgIpc) is 3.78. The van der Waals surface area contributed by atoms with Crippen molar-refractivity contribution in [2.45, 2.75) is 57.8 Å². The summed E-state index contributed by atoms with van der Waals surface area (Å²) in [7, 11) is -7.09. The van der Waals surface area contributed by atoms with Crippen molar-refractivity contribution in [1.82, 2.24) is 0 Å². The van der Waals surface area contributed by atoms with Gasteiger partial charge in [-0.1, -0.05) is 191 Å². The highest BCUT2D eigenvalue weighted by atomic mass is 28.3. The van der Waals surface area contributed by atoms with Gasteiger partial charge in [0.05, 0.1) is 0 Å². The highest BCUT2D eigenvalue weighted by Crippen LogP contribution is 2.44. The first-order valence-electron chi connectivity index (χ1n) is 20.4. The Morgan fingerprint density at radius 2 is 0.946 bits per heavy atom. The van der Waals surface area contributed by atoms with Crippen molar-refractivity contribution >= 4 is 65.7 Å². The first-order valence-corrected chi connectivity index (χ1v) is 28.4. The van der Waals surface area contributed by atoms with E-state index in [9.17, 15) is 0 Å². The average molecular weight is 777 g/mol. The Balaban J connectivity index is 1.26. The molecule has 3 aliphatic rings. The lowest BCUT2D eigenvalue weighted by atomic mass is 9.89. The standard InChI is InChI=1S/C51H48O2Si3/c1-54(2)45-28-15-13-26-43(45)52-50-41(25-17-30-47(50)54)40-34-33-39(35-42(40)36-19-11-12-20-36)56(37-21-7-5-8-22-37,38-23-9-6-10-24-38)49-32-18-31-48-51(49)53-44-27-14-16-29-46(44)55(48,3)4/h5-10,13-18,21-36H,11-12,19-20H2,1-4H3. The molecule has 0 atom stereocenters. The summed E-state index contributed by atoms with van der Waals surface area (Å²) in [5, 5.41) is 11.0. The molecule has 0 N–H and O–H groups in total. The minimum atomic E-state index is -3.00. The minimum absolute atomic E-state index is 0.486. The Bertz CT molecular complexity index is 2570. The number of rotatable bonds is 6. The second-order valence-electron chi connectivity index (χ2n) is 17.1. The number of fused-ring (bicyclic) bond motifs is 4. The smallest absolute Gasteiger partial charge is 0.183 e. The van der Waals surface area contributed by atoms with Gasteiger partial charge >= 0.3 is 0 Å². The van der Waals surface area contributed by atoms with Gasteiger partial charge in [-0.3, -0.25) is 0 Å². The van der Waals surface area contributed by atoms with E-state index < -0.39 is 24.2 Å². The van der Waals surface area contributed by atoms with Gasteiger partial charge in [-0.05, 0) is 83.5 Å². The van der Waals surface area contributed by atoms with Gasteiger partial charge in [-0.25, -0.2) is 0 Å². The molecular formula is C51H48O2Si3. The predicted octanol–water partition coefficient (Wildman–Crippen LogP) is 8.25. The zero-order chi connectivity index (χ0) is 38.1. The molecule has 10 rings (SSSR count). The molecule has 56 heavy (non-hydrogen) atoms. The number of ether oxygens (including phenoxy) is 2. The van der Waals surface area contributed by atoms with Crippen LogP contribution in [0.3, 0.4) is 0 Å². The van der Waals surface area contributed by atoms with Crippen molar-refractivity contribution in [3.63, 3.8) is 0 Å². The zero-order valence-corrected chi connectivity index (χ0v) is 35.8. The zero-order valence-electron chi connectivity index (χ0n) is 32.8. The van der Waals surface area contributed by atoms with Gasteiger partial charge in [-0.15, -0.1) is 0 Å². The van der Waals surface area contributed by atoms with Crippen molar-refractivity contribution in [1.29, 1.82) is 0 Å². The quantitative estimate of drug-likeness (QED) is 0.125. The summed E-state index contributed by atoms with van der Waals surface area (Å²) in [5.41, 5.74) is 4.01. The van der Waals surface area contributed by atoms with Crippen LogP contribution in [0.2, 0.25) is 26.2 Å². The number of hydrogen-bond donors (Lipinski definition) is 0. The van der Waals surface area contributed by atoms with E-state index in [0.29, 0.717) is 5.92 Å². The number of para-hydroxylation sites is 4. The summed E-state index contributed by atoms with van der Waals surface area (Å²) in [4.78, 5) is 0. The Labute approximate surface area is 334 Å². The highest BCUT2D eigenvalue weighted by Gasteiger charge is 2.48. The van der Waals surface area contributed by atoms with E-state index in [1.165, 1.54) is 83.9 Å². The maximum Gasteiger partial charge on any atom is 0.183 e. The molecule has 2 heterocycles. The predicted molar refractivity (Wildman–Crippen MR) is 243 cm³/mol. The van der Waals surface area contributed by atoms with Crippen molar-refractivity contribution in [2.75, 3.05) is 0 Å². The van der Waals surface area contributed by atoms with Gasteiger partial charge in [0.15, 0.2) is 8.07 Å². The number of benzene rings is 7. The third kappa shape index (κ3) is 5.32. The molecule has 0 amide bonds. The summed E-state index contributed by atoms with van der Waals surface area (Å²) in [6, 6.07) is 61.8. The number of hydrogen-bond acceptors (Lipinski definition) is 2. The summed E-state index contributed by atoms with van der Waals surface area (Å²) >= 11 is 0. The Hall–Kier alpha value is -5.21. The lowest BCUT2D eigenvalue weighted by Gasteiger charge is -2.40. The Morgan fingerprint density at radius 3 is 1.55 bits per heavy atom. The fourth-order valence-electron chi connectivity index (χ4n) is 10.4. The monoisotopic (exact) mass is 776 g/mol. The molecular weight excluding hydrogens is 729 g/mol. The first kappa shape index (κ1) is 35.2. The van der Waals surface area contributed by atoms with Crippen LogP contribution in [-0.2, 0) is 0 Å². The van der Waals surface area contributed by atoms with E-state index >= 15 is 0 Å². The van der Waals surface area contributed by atoms with Crippen molar-refractivity contribution in [2.24, 2.45) is 0 Å². The normalized spacial score (nSPS) is 16.4. The van der Waals surface area contributed by atoms with Crippen LogP contribution in [0.4, 0.5) is 0 Å². The molecule has 5 heteroatoms. The molecule has 2 nitrogen and oxygen atoms in total. The molecule has 276 valence electrons. The van der Waals surface area contributed by atoms with Gasteiger partial charge < -0.3 is 9.47 Å². The van der Waals surface area contributed by atoms with Crippen LogP contribution in [-0.4, -0.2) is 24.2 Å². The van der Waals surface area contributed by atoms with Crippen LogP contribution in [0.15, 0.2) is 164 Å². The van der Waals surface area contributed by atoms with Crippen LogP contribution < -0.4 is 51.0 Å². The Kier molecular flexibility index (Phi) is 8.47. The van der Waals surface area contributed by atoms with Crippen LogP contribution in [0.1, 0.15) is 37.2 Å². The van der Waals surface area contributed by atoms with Crippen LogP contribution in [0.25, 0.3) is 11.1 Å². The second kappa shape index (κ2) is 13.5. The fourth-order valence-corrected chi connectivity index (χ4v) is 21.1. The molecule has 1 fully saturated rings. The Morgan fingerprint density at radius 1 is 0.446 bits per heavy atom. The highest BCUT2D eigenvalue weighted by molar-refractivity contribution is 7.20. The molecule has 0 spiro atoms. The van der Waals surface area contributed by atoms with E-state index in [-0.39, 0.29) is 0 Å². The maximum atomic E-state index is 7.20. The van der Waals surface area contributed by atoms with Crippen LogP contribution in [0, 0.1) is 0 Å². The topological polar surface area (TPSA) is 18.5 Å². The van der Waals surface area contributed by atoms with Crippen LogP contribution >= 0.6 is 0 Å². The van der Waals surface area contributed by atoms with E-state index in [4.69, 9.17) is 9.47 Å². The molecule has 0 radical (unpaired) electrons. The van der Waals surface area contributed by atoms with Gasteiger partial charge in [0, 0.05) is 5.56 Å². The molecule has 1 aliphatic carbocycles. The first-order chi connectivity index (χ1) is 27.3.